The number of hydrogen-bond acceptors (Lipinski definition) is 6. The lowest BCUT2D eigenvalue weighted by molar-refractivity contribution is -0.752. The molecule has 0 saturated carbocycles. The van der Waals surface area contributed by atoms with Crippen LogP contribution in [0, 0.1) is 30.3 Å². The molecule has 0 fully saturated rings. The average molecular weight is 227 g/mol. The van der Waals surface area contributed by atoms with Crippen molar-refractivity contribution in [3.05, 3.63) is 60.2 Å². The van der Waals surface area contributed by atoms with Crippen LogP contribution in [0.3, 0.4) is 0 Å². The van der Waals surface area contributed by atoms with E-state index in [1.54, 1.807) is 0 Å². The van der Waals surface area contributed by atoms with Gasteiger partial charge in [-0.05, 0) is 6.07 Å². The van der Waals surface area contributed by atoms with Gasteiger partial charge in [-0.15, -0.1) is 0 Å². The molecule has 1 rings (SSSR count). The molecule has 1 aromatic rings. The Labute approximate surface area is 87.8 Å². The maximum atomic E-state index is 10.4. The molecule has 9 heteroatoms. The van der Waals surface area contributed by atoms with Gasteiger partial charge in [0.2, 0.25) is 0 Å². The zero-order valence-corrected chi connectivity index (χ0v) is 7.68. The lowest BCUT2D eigenvalue weighted by atomic mass is 10.1. The van der Waals surface area contributed by atoms with E-state index in [9.17, 15) is 30.3 Å². The number of benzene rings is 1. The van der Waals surface area contributed by atoms with E-state index in [4.69, 9.17) is 0 Å². The van der Waals surface area contributed by atoms with E-state index in [2.05, 4.69) is 0 Å². The van der Waals surface area contributed by atoms with Crippen molar-refractivity contribution >= 4 is 5.69 Å². The number of nitro benzene ring substituents is 1. The smallest absolute Gasteiger partial charge is 0.258 e. The fraction of sp³-hybridized carbons (Fsp3) is 0.143. The van der Waals surface area contributed by atoms with E-state index < -0.39 is 26.6 Å². The fourth-order valence-corrected chi connectivity index (χ4v) is 1.12. The van der Waals surface area contributed by atoms with Crippen LogP contribution in [-0.4, -0.2) is 14.8 Å². The van der Waals surface area contributed by atoms with E-state index >= 15 is 0 Å². The van der Waals surface area contributed by atoms with Crippen LogP contribution in [0.4, 0.5) is 5.69 Å². The van der Waals surface area contributed by atoms with Crippen molar-refractivity contribution < 1.29 is 14.8 Å². The highest BCUT2D eigenvalue weighted by molar-refractivity contribution is 5.34. The Kier molecular flexibility index (Phi) is 3.09. The van der Waals surface area contributed by atoms with Gasteiger partial charge in [-0.2, -0.15) is 0 Å². The summed E-state index contributed by atoms with van der Waals surface area (Å²) in [4.78, 5) is 28.2. The van der Waals surface area contributed by atoms with Crippen LogP contribution in [0.5, 0.6) is 0 Å². The van der Waals surface area contributed by atoms with Crippen LogP contribution in [0.1, 0.15) is 11.7 Å². The van der Waals surface area contributed by atoms with Gasteiger partial charge in [-0.3, -0.25) is 30.3 Å². The van der Waals surface area contributed by atoms with Gasteiger partial charge in [-0.25, -0.2) is 0 Å². The van der Waals surface area contributed by atoms with Gasteiger partial charge in [0.05, 0.1) is 4.92 Å². The molecule has 0 aliphatic rings. The summed E-state index contributed by atoms with van der Waals surface area (Å²) < 4.78 is 0. The monoisotopic (exact) mass is 227 g/mol. The van der Waals surface area contributed by atoms with Crippen molar-refractivity contribution in [1.82, 2.24) is 0 Å². The first-order chi connectivity index (χ1) is 7.43. The highest BCUT2D eigenvalue weighted by Crippen LogP contribution is 2.21. The van der Waals surface area contributed by atoms with Gasteiger partial charge in [0.1, 0.15) is 15.4 Å². The van der Waals surface area contributed by atoms with E-state index in [1.807, 2.05) is 0 Å². The van der Waals surface area contributed by atoms with Crippen LogP contribution in [0.15, 0.2) is 24.3 Å². The van der Waals surface area contributed by atoms with E-state index in [1.165, 1.54) is 0 Å². The van der Waals surface area contributed by atoms with Gasteiger partial charge in [0, 0.05) is 12.1 Å². The molecule has 1 aromatic carbocycles. The predicted molar refractivity (Wildman–Crippen MR) is 49.8 cm³/mol. The van der Waals surface area contributed by atoms with Gasteiger partial charge in [-0.1, -0.05) is 6.07 Å². The third kappa shape index (κ3) is 2.26. The highest BCUT2D eigenvalue weighted by Gasteiger charge is 2.35. The molecule has 0 aliphatic carbocycles. The van der Waals surface area contributed by atoms with Crippen LogP contribution in [-0.2, 0) is 0 Å². The van der Waals surface area contributed by atoms with Crippen molar-refractivity contribution in [2.45, 2.75) is 6.17 Å². The second kappa shape index (κ2) is 4.29. The van der Waals surface area contributed by atoms with Crippen molar-refractivity contribution in [1.29, 1.82) is 0 Å². The molecule has 0 bridgehead atoms. The molecule has 0 atom stereocenters. The molecule has 0 unspecified atom stereocenters. The molecule has 0 spiro atoms. The standard InChI is InChI=1S/C7H5N3O6/c11-8(12)6-3-1-2-5(4-6)7(9(13)14)10(15)16/h1-4,7H. The first kappa shape index (κ1) is 11.5. The Hall–Kier alpha value is -2.58. The summed E-state index contributed by atoms with van der Waals surface area (Å²) in [6, 6.07) is 4.17. The number of nitrogens with zero attached hydrogens (tertiary/aromatic N) is 3. The fourth-order valence-electron chi connectivity index (χ4n) is 1.12. The van der Waals surface area contributed by atoms with Gasteiger partial charge >= 0.3 is 6.17 Å². The quantitative estimate of drug-likeness (QED) is 0.430. The summed E-state index contributed by atoms with van der Waals surface area (Å²) in [6.45, 7) is 0. The van der Waals surface area contributed by atoms with Crippen molar-refractivity contribution in [3.8, 4) is 0 Å². The summed E-state index contributed by atoms with van der Waals surface area (Å²) >= 11 is 0. The molecule has 0 N–H and O–H groups in total. The lowest BCUT2D eigenvalue weighted by Gasteiger charge is -2.01. The van der Waals surface area contributed by atoms with Crippen molar-refractivity contribution in [3.63, 3.8) is 0 Å². The highest BCUT2D eigenvalue weighted by atomic mass is 16.7. The third-order valence-electron chi connectivity index (χ3n) is 1.78. The zero-order valence-electron chi connectivity index (χ0n) is 7.68. The van der Waals surface area contributed by atoms with Crippen LogP contribution in [0.2, 0.25) is 0 Å². The predicted octanol–water partition coefficient (Wildman–Crippen LogP) is 1.15. The van der Waals surface area contributed by atoms with Gasteiger partial charge in [0.25, 0.3) is 5.69 Å². The van der Waals surface area contributed by atoms with Crippen LogP contribution in [0.25, 0.3) is 0 Å². The minimum atomic E-state index is -2.18. The number of nitro groups is 3. The minimum Gasteiger partial charge on any atom is -0.258 e. The van der Waals surface area contributed by atoms with E-state index in [0.29, 0.717) is 0 Å². The Morgan fingerprint density at radius 2 is 1.56 bits per heavy atom. The van der Waals surface area contributed by atoms with Crippen LogP contribution >= 0.6 is 0 Å². The Morgan fingerprint density at radius 3 is 2.00 bits per heavy atom. The number of non-ortho nitro benzene ring substituents is 1. The maximum Gasteiger partial charge on any atom is 0.476 e. The van der Waals surface area contributed by atoms with Gasteiger partial charge in [0.15, 0.2) is 0 Å². The first-order valence-electron chi connectivity index (χ1n) is 3.95. The summed E-state index contributed by atoms with van der Waals surface area (Å²) in [7, 11) is 0. The molecule has 0 radical (unpaired) electrons. The summed E-state index contributed by atoms with van der Waals surface area (Å²) in [6.07, 6.45) is -2.18. The van der Waals surface area contributed by atoms with E-state index in [-0.39, 0.29) is 5.56 Å². The zero-order chi connectivity index (χ0) is 12.3. The van der Waals surface area contributed by atoms with Crippen molar-refractivity contribution in [2.75, 3.05) is 0 Å². The summed E-state index contributed by atoms with van der Waals surface area (Å²) in [5, 5.41) is 31.2. The Balaban J connectivity index is 3.20. The molecule has 0 aliphatic heterocycles. The molecule has 0 amide bonds. The second-order valence-corrected chi connectivity index (χ2v) is 2.80. The Bertz CT molecular complexity index is 445. The third-order valence-corrected chi connectivity index (χ3v) is 1.78. The maximum absolute atomic E-state index is 10.4. The number of hydrogen-bond donors (Lipinski definition) is 0. The largest absolute Gasteiger partial charge is 0.476 e. The van der Waals surface area contributed by atoms with Gasteiger partial charge < -0.3 is 0 Å². The molecular formula is C7H5N3O6. The normalized spacial score (nSPS) is 10.1. The second-order valence-electron chi connectivity index (χ2n) is 2.80. The molecule has 9 nitrogen and oxygen atoms in total. The Morgan fingerprint density at radius 1 is 1.00 bits per heavy atom. The molecule has 0 aromatic heterocycles. The van der Waals surface area contributed by atoms with E-state index in [0.717, 1.165) is 24.3 Å². The van der Waals surface area contributed by atoms with Crippen molar-refractivity contribution in [2.24, 2.45) is 0 Å². The molecule has 0 heterocycles. The topological polar surface area (TPSA) is 129 Å². The van der Waals surface area contributed by atoms with Crippen LogP contribution < -0.4 is 0 Å². The molecular weight excluding hydrogens is 222 g/mol. The lowest BCUT2D eigenvalue weighted by Crippen LogP contribution is -2.19. The minimum absolute atomic E-state index is 0.329. The average Bonchev–Trinajstić information content (AvgIpc) is 2.16. The molecule has 16 heavy (non-hydrogen) atoms. The summed E-state index contributed by atoms with van der Waals surface area (Å²) in [5.74, 6) is 0. The SMILES string of the molecule is O=[N+]([O-])c1cccc(C([N+](=O)[O-])[N+](=O)[O-])c1. The molecule has 84 valence electrons. The number of rotatable bonds is 4. The molecule has 0 saturated heterocycles. The summed E-state index contributed by atoms with van der Waals surface area (Å²) in [5.41, 5.74) is -0.754. The first-order valence-corrected chi connectivity index (χ1v) is 3.95.